The van der Waals surface area contributed by atoms with Crippen molar-refractivity contribution < 1.29 is 14.3 Å². The summed E-state index contributed by atoms with van der Waals surface area (Å²) < 4.78 is 5.47. The average Bonchev–Trinajstić information content (AvgIpc) is 2.76. The van der Waals surface area contributed by atoms with Crippen molar-refractivity contribution in [3.05, 3.63) is 59.7 Å². The molecule has 3 rings (SSSR count). The molecule has 6 heteroatoms. The lowest BCUT2D eigenvalue weighted by atomic mass is 10.1. The topological polar surface area (TPSA) is 61.9 Å². The van der Waals surface area contributed by atoms with E-state index in [4.69, 9.17) is 4.74 Å². The largest absolute Gasteiger partial charge is 0.484 e. The molecule has 0 atom stereocenters. The molecule has 0 aliphatic carbocycles. The highest BCUT2D eigenvalue weighted by atomic mass is 16.5. The third-order valence-electron chi connectivity index (χ3n) is 5.34. The summed E-state index contributed by atoms with van der Waals surface area (Å²) in [7, 11) is 0. The van der Waals surface area contributed by atoms with Crippen molar-refractivity contribution in [2.75, 3.05) is 50.8 Å². The number of hydrogen-bond acceptors (Lipinski definition) is 5. The monoisotopic (exact) mass is 409 g/mol. The lowest BCUT2D eigenvalue weighted by Gasteiger charge is -2.36. The Morgan fingerprint density at radius 3 is 2.43 bits per heavy atom. The zero-order chi connectivity index (χ0) is 21.3. The first-order valence-corrected chi connectivity index (χ1v) is 10.6. The van der Waals surface area contributed by atoms with Gasteiger partial charge >= 0.3 is 0 Å². The number of piperazine rings is 1. The number of carbonyl (C=O) groups is 2. The van der Waals surface area contributed by atoms with Crippen molar-refractivity contribution in [2.45, 2.75) is 20.3 Å². The van der Waals surface area contributed by atoms with Gasteiger partial charge in [-0.3, -0.25) is 14.5 Å². The second-order valence-electron chi connectivity index (χ2n) is 7.74. The molecule has 0 saturated carbocycles. The number of carbonyl (C=O) groups excluding carboxylic acids is 2. The zero-order valence-electron chi connectivity index (χ0n) is 17.9. The second kappa shape index (κ2) is 10.8. The number of ether oxygens (including phenoxy) is 1. The molecule has 0 spiro atoms. The highest BCUT2D eigenvalue weighted by Gasteiger charge is 2.16. The summed E-state index contributed by atoms with van der Waals surface area (Å²) in [6.07, 6.45) is 0.920. The average molecular weight is 410 g/mol. The highest BCUT2D eigenvalue weighted by molar-refractivity contribution is 5.94. The van der Waals surface area contributed by atoms with Gasteiger partial charge in [0.05, 0.1) is 0 Å². The normalized spacial score (nSPS) is 14.4. The molecule has 1 saturated heterocycles. The number of hydrogen-bond donors (Lipinski definition) is 1. The first kappa shape index (κ1) is 21.8. The zero-order valence-corrected chi connectivity index (χ0v) is 17.9. The third kappa shape index (κ3) is 6.59. The quantitative estimate of drug-likeness (QED) is 0.510. The van der Waals surface area contributed by atoms with Crippen LogP contribution in [0.1, 0.15) is 29.3 Å². The minimum Gasteiger partial charge on any atom is -0.484 e. The summed E-state index contributed by atoms with van der Waals surface area (Å²) in [4.78, 5) is 28.1. The summed E-state index contributed by atoms with van der Waals surface area (Å²) in [6, 6.07) is 15.5. The first-order chi connectivity index (χ1) is 14.5. The van der Waals surface area contributed by atoms with E-state index in [-0.39, 0.29) is 18.3 Å². The minimum absolute atomic E-state index is 0.0101. The molecule has 2 aromatic rings. The van der Waals surface area contributed by atoms with Crippen molar-refractivity contribution in [3.8, 4) is 5.75 Å². The summed E-state index contributed by atoms with van der Waals surface area (Å²) in [5.41, 5.74) is 3.23. The molecule has 0 aromatic heterocycles. The number of benzene rings is 2. The van der Waals surface area contributed by atoms with E-state index in [9.17, 15) is 9.59 Å². The Labute approximate surface area is 178 Å². The van der Waals surface area contributed by atoms with Gasteiger partial charge < -0.3 is 15.0 Å². The maximum atomic E-state index is 12.0. The van der Waals surface area contributed by atoms with Gasteiger partial charge in [0.15, 0.2) is 12.4 Å². The fourth-order valence-electron chi connectivity index (χ4n) is 3.57. The number of nitrogens with zero attached hydrogens (tertiary/aromatic N) is 2. The minimum atomic E-state index is -0.130. The smallest absolute Gasteiger partial charge is 0.257 e. The molecule has 0 unspecified atom stereocenters. The molecular formula is C24H31N3O3. The maximum Gasteiger partial charge on any atom is 0.257 e. The lowest BCUT2D eigenvalue weighted by Crippen LogP contribution is -2.47. The third-order valence-corrected chi connectivity index (χ3v) is 5.34. The van der Waals surface area contributed by atoms with Crippen LogP contribution in [0.2, 0.25) is 0 Å². The number of rotatable bonds is 9. The predicted molar refractivity (Wildman–Crippen MR) is 119 cm³/mol. The Hall–Kier alpha value is -2.86. The Kier molecular flexibility index (Phi) is 7.85. The predicted octanol–water partition coefficient (Wildman–Crippen LogP) is 2.90. The van der Waals surface area contributed by atoms with Gasteiger partial charge in [-0.25, -0.2) is 0 Å². The Bertz CT molecular complexity index is 843. The number of anilines is 1. The summed E-state index contributed by atoms with van der Waals surface area (Å²) in [6.45, 7) is 9.41. The number of amides is 1. The number of nitrogens with one attached hydrogen (secondary N) is 1. The van der Waals surface area contributed by atoms with Crippen LogP contribution in [0.15, 0.2) is 48.5 Å². The Morgan fingerprint density at radius 2 is 1.77 bits per heavy atom. The number of ketones is 1. The number of aryl methyl sites for hydroxylation is 1. The fraction of sp³-hybridized carbons (Fsp3) is 0.417. The van der Waals surface area contributed by atoms with Gasteiger partial charge in [0.2, 0.25) is 0 Å². The number of Topliss-reactive ketones (excluding diaryl/α,β-unsaturated/α-hetero) is 1. The lowest BCUT2D eigenvalue weighted by molar-refractivity contribution is -0.123. The SMILES string of the molecule is CC(=O)c1ccc(OCC(=O)NCCCN2CCN(c3cccc(C)c3)CC2)cc1. The molecule has 0 bridgehead atoms. The first-order valence-electron chi connectivity index (χ1n) is 10.6. The Morgan fingerprint density at radius 1 is 1.03 bits per heavy atom. The van der Waals surface area contributed by atoms with Crippen molar-refractivity contribution in [3.63, 3.8) is 0 Å². The molecule has 30 heavy (non-hydrogen) atoms. The van der Waals surface area contributed by atoms with Crippen LogP contribution in [0.4, 0.5) is 5.69 Å². The molecule has 1 fully saturated rings. The highest BCUT2D eigenvalue weighted by Crippen LogP contribution is 2.17. The van der Waals surface area contributed by atoms with E-state index in [0.29, 0.717) is 17.9 Å². The van der Waals surface area contributed by atoms with E-state index in [1.165, 1.54) is 18.2 Å². The molecule has 1 heterocycles. The van der Waals surface area contributed by atoms with E-state index in [1.807, 2.05) is 0 Å². The van der Waals surface area contributed by atoms with Gasteiger partial charge in [-0.1, -0.05) is 12.1 Å². The standard InChI is InChI=1S/C24H31N3O3/c1-19-5-3-6-22(17-19)27-15-13-26(14-16-27)12-4-11-25-24(29)18-30-23-9-7-21(8-10-23)20(2)28/h3,5-10,17H,4,11-16,18H2,1-2H3,(H,25,29). The van der Waals surface area contributed by atoms with Gasteiger partial charge in [0.25, 0.3) is 5.91 Å². The van der Waals surface area contributed by atoms with E-state index >= 15 is 0 Å². The Balaban J connectivity index is 1.28. The van der Waals surface area contributed by atoms with Crippen LogP contribution < -0.4 is 15.0 Å². The molecule has 1 aliphatic heterocycles. The molecule has 1 amide bonds. The summed E-state index contributed by atoms with van der Waals surface area (Å²) in [5.74, 6) is 0.465. The van der Waals surface area contributed by atoms with Crippen LogP contribution in [0.25, 0.3) is 0 Å². The van der Waals surface area contributed by atoms with Crippen molar-refractivity contribution >= 4 is 17.4 Å². The summed E-state index contributed by atoms with van der Waals surface area (Å²) in [5, 5.41) is 2.91. The molecule has 1 N–H and O–H groups in total. The van der Waals surface area contributed by atoms with E-state index in [2.05, 4.69) is 46.3 Å². The molecule has 0 radical (unpaired) electrons. The maximum absolute atomic E-state index is 12.0. The van der Waals surface area contributed by atoms with Crippen molar-refractivity contribution in [2.24, 2.45) is 0 Å². The second-order valence-corrected chi connectivity index (χ2v) is 7.74. The van der Waals surface area contributed by atoms with E-state index < -0.39 is 0 Å². The molecule has 1 aliphatic rings. The van der Waals surface area contributed by atoms with Gasteiger partial charge in [0, 0.05) is 44.0 Å². The fourth-order valence-corrected chi connectivity index (χ4v) is 3.57. The van der Waals surface area contributed by atoms with Crippen LogP contribution in [-0.4, -0.2) is 62.5 Å². The molecular weight excluding hydrogens is 378 g/mol. The van der Waals surface area contributed by atoms with Gasteiger partial charge in [0.1, 0.15) is 5.75 Å². The van der Waals surface area contributed by atoms with Gasteiger partial charge in [-0.2, -0.15) is 0 Å². The van der Waals surface area contributed by atoms with E-state index in [1.54, 1.807) is 24.3 Å². The van der Waals surface area contributed by atoms with Crippen LogP contribution in [0, 0.1) is 6.92 Å². The molecule has 2 aromatic carbocycles. The molecule has 160 valence electrons. The van der Waals surface area contributed by atoms with Crippen molar-refractivity contribution in [1.29, 1.82) is 0 Å². The van der Waals surface area contributed by atoms with Crippen LogP contribution in [0.5, 0.6) is 5.75 Å². The van der Waals surface area contributed by atoms with Crippen LogP contribution in [0.3, 0.4) is 0 Å². The summed E-state index contributed by atoms with van der Waals surface area (Å²) >= 11 is 0. The van der Waals surface area contributed by atoms with Gasteiger partial charge in [-0.15, -0.1) is 0 Å². The van der Waals surface area contributed by atoms with Crippen LogP contribution >= 0.6 is 0 Å². The molecule has 6 nitrogen and oxygen atoms in total. The van der Waals surface area contributed by atoms with Crippen LogP contribution in [-0.2, 0) is 4.79 Å². The van der Waals surface area contributed by atoms with Gasteiger partial charge in [-0.05, 0) is 68.8 Å². The van der Waals surface area contributed by atoms with Crippen molar-refractivity contribution in [1.82, 2.24) is 10.2 Å². The van der Waals surface area contributed by atoms with E-state index in [0.717, 1.165) is 39.1 Å².